The predicted octanol–water partition coefficient (Wildman–Crippen LogP) is 2.84. The summed E-state index contributed by atoms with van der Waals surface area (Å²) in [5, 5.41) is 12.7. The minimum Gasteiger partial charge on any atom is -0.507 e. The first-order valence-corrected chi connectivity index (χ1v) is 7.78. The number of aromatic hydroxyl groups is 1. The van der Waals surface area contributed by atoms with Crippen LogP contribution in [0, 0.1) is 0 Å². The molecule has 2 N–H and O–H groups in total. The molecule has 0 bridgehead atoms. The number of amides is 1. The largest absolute Gasteiger partial charge is 0.507 e. The third kappa shape index (κ3) is 3.34. The molecule has 0 saturated carbocycles. The van der Waals surface area contributed by atoms with Crippen molar-refractivity contribution in [1.82, 2.24) is 0 Å². The van der Waals surface area contributed by atoms with Crippen LogP contribution in [0.25, 0.3) is 0 Å². The number of phenolic OH excluding ortho intramolecular Hbond substituents is 1. The van der Waals surface area contributed by atoms with E-state index < -0.39 is 9.84 Å². The van der Waals surface area contributed by atoms with Crippen molar-refractivity contribution in [2.45, 2.75) is 16.7 Å². The highest BCUT2D eigenvalue weighted by molar-refractivity contribution is 7.91. The molecule has 0 radical (unpaired) electrons. The Morgan fingerprint density at radius 2 is 1.76 bits per heavy atom. The van der Waals surface area contributed by atoms with Crippen LogP contribution in [0.3, 0.4) is 0 Å². The van der Waals surface area contributed by atoms with Crippen molar-refractivity contribution in [3.05, 3.63) is 47.5 Å². The number of rotatable bonds is 3. The quantitative estimate of drug-likeness (QED) is 0.850. The highest BCUT2D eigenvalue weighted by Crippen LogP contribution is 2.31. The van der Waals surface area contributed by atoms with Crippen LogP contribution in [0.15, 0.2) is 52.3 Å². The van der Waals surface area contributed by atoms with E-state index in [4.69, 9.17) is 11.6 Å². The lowest BCUT2D eigenvalue weighted by molar-refractivity contribution is -0.114. The van der Waals surface area contributed by atoms with E-state index in [0.29, 0.717) is 5.02 Å². The maximum absolute atomic E-state index is 12.5. The van der Waals surface area contributed by atoms with Gasteiger partial charge in [-0.25, -0.2) is 8.42 Å². The number of nitrogens with one attached hydrogen (secondary N) is 1. The van der Waals surface area contributed by atoms with Crippen LogP contribution in [0.2, 0.25) is 5.02 Å². The van der Waals surface area contributed by atoms with Crippen LogP contribution in [-0.2, 0) is 14.6 Å². The zero-order valence-electron chi connectivity index (χ0n) is 11.0. The van der Waals surface area contributed by atoms with Crippen molar-refractivity contribution in [3.63, 3.8) is 0 Å². The summed E-state index contributed by atoms with van der Waals surface area (Å²) in [6.45, 7) is 1.31. The molecule has 1 amide bonds. The average molecular weight is 326 g/mol. The van der Waals surface area contributed by atoms with E-state index >= 15 is 0 Å². The van der Waals surface area contributed by atoms with Gasteiger partial charge >= 0.3 is 0 Å². The average Bonchev–Trinajstić information content (AvgIpc) is 2.41. The van der Waals surface area contributed by atoms with Gasteiger partial charge in [0.05, 0.1) is 4.90 Å². The Bertz CT molecular complexity index is 785. The Morgan fingerprint density at radius 1 is 1.14 bits per heavy atom. The summed E-state index contributed by atoms with van der Waals surface area (Å²) in [4.78, 5) is 10.7. The zero-order chi connectivity index (χ0) is 15.6. The number of phenols is 1. The topological polar surface area (TPSA) is 83.5 Å². The summed E-state index contributed by atoms with van der Waals surface area (Å²) in [6.07, 6.45) is 0. The van der Waals surface area contributed by atoms with Crippen molar-refractivity contribution >= 4 is 33.0 Å². The summed E-state index contributed by atoms with van der Waals surface area (Å²) in [6, 6.07) is 9.43. The van der Waals surface area contributed by atoms with E-state index in [9.17, 15) is 18.3 Å². The van der Waals surface area contributed by atoms with Gasteiger partial charge in [0.1, 0.15) is 10.6 Å². The molecule has 0 aliphatic heterocycles. The Hall–Kier alpha value is -2.05. The number of carbonyl (C=O) groups excluding carboxylic acids is 1. The lowest BCUT2D eigenvalue weighted by atomic mass is 10.3. The van der Waals surface area contributed by atoms with Gasteiger partial charge in [0.2, 0.25) is 15.7 Å². The fourth-order valence-corrected chi connectivity index (χ4v) is 3.25. The molecule has 0 aliphatic rings. The summed E-state index contributed by atoms with van der Waals surface area (Å²) < 4.78 is 25.0. The summed E-state index contributed by atoms with van der Waals surface area (Å²) in [5.41, 5.74) is 0.285. The number of hydrogen-bond donors (Lipinski definition) is 2. The van der Waals surface area contributed by atoms with Gasteiger partial charge < -0.3 is 10.4 Å². The van der Waals surface area contributed by atoms with E-state index in [1.54, 1.807) is 0 Å². The molecule has 5 nitrogen and oxygen atoms in total. The van der Waals surface area contributed by atoms with Gasteiger partial charge in [-0.2, -0.15) is 0 Å². The van der Waals surface area contributed by atoms with Crippen molar-refractivity contribution in [2.75, 3.05) is 5.32 Å². The van der Waals surface area contributed by atoms with Crippen molar-refractivity contribution in [1.29, 1.82) is 0 Å². The van der Waals surface area contributed by atoms with E-state index in [1.807, 2.05) is 0 Å². The molecule has 0 fully saturated rings. The normalized spacial score (nSPS) is 11.1. The van der Waals surface area contributed by atoms with Gasteiger partial charge in [-0.1, -0.05) is 11.6 Å². The molecule has 2 aromatic carbocycles. The van der Waals surface area contributed by atoms with Crippen LogP contribution in [-0.4, -0.2) is 19.4 Å². The first kappa shape index (κ1) is 15.3. The monoisotopic (exact) mass is 325 g/mol. The third-order valence-corrected chi connectivity index (χ3v) is 4.74. The van der Waals surface area contributed by atoms with E-state index in [2.05, 4.69) is 5.32 Å². The van der Waals surface area contributed by atoms with E-state index in [1.165, 1.54) is 49.4 Å². The van der Waals surface area contributed by atoms with Gasteiger partial charge in [0, 0.05) is 17.6 Å². The summed E-state index contributed by atoms with van der Waals surface area (Å²) in [7, 11) is -3.90. The van der Waals surface area contributed by atoms with E-state index in [0.717, 1.165) is 0 Å². The maximum Gasteiger partial charge on any atom is 0.221 e. The molecule has 0 spiro atoms. The second-order valence-corrected chi connectivity index (χ2v) is 6.68. The van der Waals surface area contributed by atoms with Gasteiger partial charge in [-0.15, -0.1) is 0 Å². The Kier molecular flexibility index (Phi) is 4.20. The molecule has 2 aromatic rings. The molecule has 0 aromatic heterocycles. The fourth-order valence-electron chi connectivity index (χ4n) is 1.75. The number of halogens is 1. The number of anilines is 1. The maximum atomic E-state index is 12.5. The van der Waals surface area contributed by atoms with Crippen LogP contribution < -0.4 is 5.32 Å². The van der Waals surface area contributed by atoms with Gasteiger partial charge in [0.25, 0.3) is 0 Å². The first-order valence-electron chi connectivity index (χ1n) is 5.92. The van der Waals surface area contributed by atoms with Crippen molar-refractivity contribution in [3.8, 4) is 5.75 Å². The highest BCUT2D eigenvalue weighted by Gasteiger charge is 2.22. The van der Waals surface area contributed by atoms with Crippen LogP contribution in [0.4, 0.5) is 5.69 Å². The second-order valence-electron chi connectivity index (χ2n) is 4.32. The number of carbonyl (C=O) groups is 1. The first-order chi connectivity index (χ1) is 9.80. The molecule has 21 heavy (non-hydrogen) atoms. The number of hydrogen-bond acceptors (Lipinski definition) is 4. The number of benzene rings is 2. The minimum absolute atomic E-state index is 0.00201. The Labute approximate surface area is 127 Å². The molecule has 2 rings (SSSR count). The van der Waals surface area contributed by atoms with Crippen LogP contribution in [0.1, 0.15) is 6.92 Å². The fraction of sp³-hybridized carbons (Fsp3) is 0.0714. The Balaban J connectivity index is 2.53. The molecule has 0 saturated heterocycles. The summed E-state index contributed by atoms with van der Waals surface area (Å²) >= 11 is 5.73. The van der Waals surface area contributed by atoms with E-state index in [-0.39, 0.29) is 27.1 Å². The van der Waals surface area contributed by atoms with Gasteiger partial charge in [-0.3, -0.25) is 4.79 Å². The standard InChI is InChI=1S/C14H12ClNO4S/c1-9(17)16-11-4-7-13(18)14(8-11)21(19,20)12-5-2-10(15)3-6-12/h2-8,18H,1H3,(H,16,17). The molecule has 7 heteroatoms. The zero-order valence-corrected chi connectivity index (χ0v) is 12.6. The minimum atomic E-state index is -3.90. The molecule has 0 heterocycles. The number of sulfone groups is 1. The van der Waals surface area contributed by atoms with Crippen molar-refractivity contribution in [2.24, 2.45) is 0 Å². The molecule has 0 atom stereocenters. The molecule has 0 aliphatic carbocycles. The van der Waals surface area contributed by atoms with Gasteiger partial charge in [-0.05, 0) is 42.5 Å². The lowest BCUT2D eigenvalue weighted by Gasteiger charge is -2.09. The Morgan fingerprint density at radius 3 is 2.33 bits per heavy atom. The third-order valence-electron chi connectivity index (χ3n) is 2.69. The molecular weight excluding hydrogens is 314 g/mol. The van der Waals surface area contributed by atoms with Crippen LogP contribution in [0.5, 0.6) is 5.75 Å². The molecule has 110 valence electrons. The van der Waals surface area contributed by atoms with Crippen LogP contribution >= 0.6 is 11.6 Å². The predicted molar refractivity (Wildman–Crippen MR) is 79.3 cm³/mol. The van der Waals surface area contributed by atoms with Crippen molar-refractivity contribution < 1.29 is 18.3 Å². The lowest BCUT2D eigenvalue weighted by Crippen LogP contribution is -2.08. The molecule has 0 unspecified atom stereocenters. The smallest absolute Gasteiger partial charge is 0.221 e. The highest BCUT2D eigenvalue weighted by atomic mass is 35.5. The SMILES string of the molecule is CC(=O)Nc1ccc(O)c(S(=O)(=O)c2ccc(Cl)cc2)c1. The summed E-state index contributed by atoms with van der Waals surface area (Å²) in [5.74, 6) is -0.727. The van der Waals surface area contributed by atoms with Gasteiger partial charge in [0.15, 0.2) is 0 Å². The molecular formula is C14H12ClNO4S. The second kappa shape index (κ2) is 5.75.